The minimum atomic E-state index is -0.775. The maximum absolute atomic E-state index is 11.6. The summed E-state index contributed by atoms with van der Waals surface area (Å²) in [6.07, 6.45) is -0.374. The summed E-state index contributed by atoms with van der Waals surface area (Å²) < 4.78 is 6.12. The molecule has 0 spiro atoms. The number of aliphatic hydroxyl groups is 1. The lowest BCUT2D eigenvalue weighted by Crippen LogP contribution is -2.34. The molecule has 1 aliphatic heterocycles. The summed E-state index contributed by atoms with van der Waals surface area (Å²) in [5.74, 6) is 0. The van der Waals surface area contributed by atoms with Gasteiger partial charge in [-0.25, -0.2) is 4.79 Å². The van der Waals surface area contributed by atoms with E-state index in [0.717, 1.165) is 10.0 Å². The van der Waals surface area contributed by atoms with Gasteiger partial charge in [-0.05, 0) is 24.6 Å². The molecule has 1 unspecified atom stereocenters. The molecule has 17 heavy (non-hydrogen) atoms. The van der Waals surface area contributed by atoms with Crippen LogP contribution in [0.1, 0.15) is 12.5 Å². The van der Waals surface area contributed by atoms with E-state index in [1.54, 1.807) is 11.8 Å². The first-order chi connectivity index (χ1) is 8.02. The highest BCUT2D eigenvalue weighted by atomic mass is 79.9. The van der Waals surface area contributed by atoms with Gasteiger partial charge in [-0.1, -0.05) is 28.1 Å². The Kier molecular flexibility index (Phi) is 3.40. The van der Waals surface area contributed by atoms with Crippen LogP contribution in [0.3, 0.4) is 0 Å². The first kappa shape index (κ1) is 12.4. The summed E-state index contributed by atoms with van der Waals surface area (Å²) >= 11 is 3.39. The van der Waals surface area contributed by atoms with Gasteiger partial charge < -0.3 is 9.84 Å². The van der Waals surface area contributed by atoms with Crippen LogP contribution in [0, 0.1) is 0 Å². The maximum atomic E-state index is 11.6. The summed E-state index contributed by atoms with van der Waals surface area (Å²) in [7, 11) is 0. The standard InChI is InChI=1S/C12H14BrNO3/c1-12(8-15)7-14(11(16)17-12)6-9-3-2-4-10(13)5-9/h2-5,15H,6-8H2,1H3. The zero-order chi connectivity index (χ0) is 12.5. The van der Waals surface area contributed by atoms with Crippen LogP contribution >= 0.6 is 15.9 Å². The molecule has 1 fully saturated rings. The number of benzene rings is 1. The number of amides is 1. The Bertz CT molecular complexity index is 438. The van der Waals surface area contributed by atoms with Crippen LogP contribution in [-0.4, -0.2) is 34.9 Å². The maximum Gasteiger partial charge on any atom is 0.410 e. The molecule has 1 amide bonds. The Morgan fingerprint density at radius 2 is 2.35 bits per heavy atom. The summed E-state index contributed by atoms with van der Waals surface area (Å²) in [6, 6.07) is 7.77. The number of carbonyl (C=O) groups excluding carboxylic acids is 1. The molecule has 0 aromatic heterocycles. The Balaban J connectivity index is 2.08. The van der Waals surface area contributed by atoms with Gasteiger partial charge >= 0.3 is 6.09 Å². The molecular weight excluding hydrogens is 286 g/mol. The third kappa shape index (κ3) is 2.79. The SMILES string of the molecule is CC1(CO)CN(Cc2cccc(Br)c2)C(=O)O1. The van der Waals surface area contributed by atoms with Crippen LogP contribution in [0.5, 0.6) is 0 Å². The first-order valence-electron chi connectivity index (χ1n) is 5.36. The van der Waals surface area contributed by atoms with E-state index in [1.807, 2.05) is 24.3 Å². The van der Waals surface area contributed by atoms with E-state index < -0.39 is 5.60 Å². The van der Waals surface area contributed by atoms with Crippen molar-refractivity contribution < 1.29 is 14.6 Å². The molecule has 0 aliphatic carbocycles. The highest BCUT2D eigenvalue weighted by Crippen LogP contribution is 2.24. The number of aliphatic hydroxyl groups excluding tert-OH is 1. The van der Waals surface area contributed by atoms with Gasteiger partial charge in [-0.15, -0.1) is 0 Å². The van der Waals surface area contributed by atoms with Gasteiger partial charge in [0.15, 0.2) is 5.60 Å². The second-order valence-electron chi connectivity index (χ2n) is 4.46. The quantitative estimate of drug-likeness (QED) is 0.930. The Morgan fingerprint density at radius 3 is 2.94 bits per heavy atom. The molecular formula is C12H14BrNO3. The van der Waals surface area contributed by atoms with Crippen molar-refractivity contribution in [1.29, 1.82) is 0 Å². The molecule has 1 atom stereocenters. The molecule has 92 valence electrons. The molecule has 0 radical (unpaired) electrons. The average molecular weight is 300 g/mol. The summed E-state index contributed by atoms with van der Waals surface area (Å²) in [5.41, 5.74) is 0.252. The van der Waals surface area contributed by atoms with Crippen molar-refractivity contribution in [3.05, 3.63) is 34.3 Å². The lowest BCUT2D eigenvalue weighted by atomic mass is 10.1. The van der Waals surface area contributed by atoms with Gasteiger partial charge in [-0.3, -0.25) is 4.90 Å². The van der Waals surface area contributed by atoms with Crippen molar-refractivity contribution >= 4 is 22.0 Å². The molecule has 1 N–H and O–H groups in total. The number of halogens is 1. The molecule has 1 aromatic rings. The van der Waals surface area contributed by atoms with E-state index >= 15 is 0 Å². The molecule has 1 aliphatic rings. The van der Waals surface area contributed by atoms with E-state index in [-0.39, 0.29) is 12.7 Å². The second-order valence-corrected chi connectivity index (χ2v) is 5.38. The number of nitrogens with zero attached hydrogens (tertiary/aromatic N) is 1. The molecule has 0 bridgehead atoms. The third-order valence-electron chi connectivity index (χ3n) is 2.71. The first-order valence-corrected chi connectivity index (χ1v) is 6.15. The normalized spacial score (nSPS) is 23.9. The minimum absolute atomic E-state index is 0.159. The molecule has 5 heteroatoms. The van der Waals surface area contributed by atoms with E-state index in [1.165, 1.54) is 0 Å². The van der Waals surface area contributed by atoms with Gasteiger partial charge in [0, 0.05) is 11.0 Å². The smallest absolute Gasteiger partial charge is 0.410 e. The van der Waals surface area contributed by atoms with Gasteiger partial charge in [0.05, 0.1) is 13.2 Å². The lowest BCUT2D eigenvalue weighted by molar-refractivity contribution is 0.0219. The zero-order valence-electron chi connectivity index (χ0n) is 9.52. The molecule has 1 aromatic carbocycles. The van der Waals surface area contributed by atoms with Crippen molar-refractivity contribution in [3.8, 4) is 0 Å². The second kappa shape index (κ2) is 4.66. The van der Waals surface area contributed by atoms with Crippen molar-refractivity contribution in [1.82, 2.24) is 4.90 Å². The van der Waals surface area contributed by atoms with E-state index in [0.29, 0.717) is 13.1 Å². The Hall–Kier alpha value is -1.07. The molecule has 2 rings (SSSR count). The number of hydrogen-bond donors (Lipinski definition) is 1. The number of rotatable bonds is 3. The summed E-state index contributed by atoms with van der Waals surface area (Å²) in [6.45, 7) is 2.47. The van der Waals surface area contributed by atoms with Crippen LogP contribution in [0.2, 0.25) is 0 Å². The van der Waals surface area contributed by atoms with Gasteiger partial charge in [0.25, 0.3) is 0 Å². The molecule has 4 nitrogen and oxygen atoms in total. The fraction of sp³-hybridized carbons (Fsp3) is 0.417. The number of carbonyl (C=O) groups is 1. The Morgan fingerprint density at radius 1 is 1.59 bits per heavy atom. The summed E-state index contributed by atoms with van der Waals surface area (Å²) in [5, 5.41) is 9.16. The van der Waals surface area contributed by atoms with Crippen molar-refractivity contribution in [2.75, 3.05) is 13.2 Å². The monoisotopic (exact) mass is 299 g/mol. The number of cyclic esters (lactones) is 1. The molecule has 1 heterocycles. The fourth-order valence-electron chi connectivity index (χ4n) is 1.83. The number of ether oxygens (including phenoxy) is 1. The van der Waals surface area contributed by atoms with Crippen LogP contribution in [-0.2, 0) is 11.3 Å². The highest BCUT2D eigenvalue weighted by Gasteiger charge is 2.40. The van der Waals surface area contributed by atoms with E-state index in [9.17, 15) is 4.79 Å². The van der Waals surface area contributed by atoms with E-state index in [2.05, 4.69) is 15.9 Å². The molecule has 0 saturated carbocycles. The average Bonchev–Trinajstić information content (AvgIpc) is 2.55. The molecule has 1 saturated heterocycles. The van der Waals surface area contributed by atoms with Crippen molar-refractivity contribution in [2.24, 2.45) is 0 Å². The minimum Gasteiger partial charge on any atom is -0.439 e. The number of hydrogen-bond acceptors (Lipinski definition) is 3. The van der Waals surface area contributed by atoms with E-state index in [4.69, 9.17) is 9.84 Å². The van der Waals surface area contributed by atoms with Crippen molar-refractivity contribution in [3.63, 3.8) is 0 Å². The van der Waals surface area contributed by atoms with Gasteiger partial charge in [0.2, 0.25) is 0 Å². The topological polar surface area (TPSA) is 49.8 Å². The largest absolute Gasteiger partial charge is 0.439 e. The van der Waals surface area contributed by atoms with Gasteiger partial charge in [0.1, 0.15) is 0 Å². The Labute approximate surface area is 108 Å². The van der Waals surface area contributed by atoms with Crippen LogP contribution < -0.4 is 0 Å². The lowest BCUT2D eigenvalue weighted by Gasteiger charge is -2.18. The predicted molar refractivity (Wildman–Crippen MR) is 66.5 cm³/mol. The van der Waals surface area contributed by atoms with Crippen LogP contribution in [0.25, 0.3) is 0 Å². The zero-order valence-corrected chi connectivity index (χ0v) is 11.1. The fourth-order valence-corrected chi connectivity index (χ4v) is 2.28. The van der Waals surface area contributed by atoms with Crippen molar-refractivity contribution in [2.45, 2.75) is 19.1 Å². The van der Waals surface area contributed by atoms with Gasteiger partial charge in [-0.2, -0.15) is 0 Å². The van der Waals surface area contributed by atoms with Crippen LogP contribution in [0.15, 0.2) is 28.7 Å². The third-order valence-corrected chi connectivity index (χ3v) is 3.21. The predicted octanol–water partition coefficient (Wildman–Crippen LogP) is 2.15. The van der Waals surface area contributed by atoms with Crippen LogP contribution in [0.4, 0.5) is 4.79 Å². The summed E-state index contributed by atoms with van der Waals surface area (Å²) in [4.78, 5) is 13.2. The highest BCUT2D eigenvalue weighted by molar-refractivity contribution is 9.10.